The topological polar surface area (TPSA) is 94.0 Å². The highest BCUT2D eigenvalue weighted by atomic mass is 16.6. The number of nitrogens with two attached hydrogens (primary N) is 1. The molecule has 0 spiro atoms. The molecule has 0 aliphatic carbocycles. The molecular formula is C11H12N4O2. The van der Waals surface area contributed by atoms with Crippen molar-refractivity contribution in [2.24, 2.45) is 0 Å². The van der Waals surface area contributed by atoms with E-state index in [-0.39, 0.29) is 11.7 Å². The summed E-state index contributed by atoms with van der Waals surface area (Å²) < 4.78 is 4.46. The minimum Gasteiger partial charge on any atom is -0.379 e. The molecule has 1 unspecified atom stereocenters. The third-order valence-electron chi connectivity index (χ3n) is 2.39. The highest BCUT2D eigenvalue weighted by Crippen LogP contribution is 2.19. The Bertz CT molecular complexity index is 509. The lowest BCUT2D eigenvalue weighted by molar-refractivity contribution is -0.117. The van der Waals surface area contributed by atoms with Crippen LogP contribution in [0.3, 0.4) is 0 Å². The van der Waals surface area contributed by atoms with Gasteiger partial charge in [0, 0.05) is 5.69 Å². The molecule has 1 atom stereocenters. The average molecular weight is 232 g/mol. The minimum atomic E-state index is -0.513. The smallest absolute Gasteiger partial charge is 0.233 e. The van der Waals surface area contributed by atoms with Crippen molar-refractivity contribution >= 4 is 17.4 Å². The van der Waals surface area contributed by atoms with Crippen LogP contribution in [0, 0.1) is 0 Å². The van der Waals surface area contributed by atoms with Gasteiger partial charge in [0.1, 0.15) is 5.69 Å². The van der Waals surface area contributed by atoms with Gasteiger partial charge in [-0.3, -0.25) is 4.79 Å². The van der Waals surface area contributed by atoms with Crippen molar-refractivity contribution in [1.82, 2.24) is 10.3 Å². The van der Waals surface area contributed by atoms with E-state index in [0.717, 1.165) is 5.69 Å². The van der Waals surface area contributed by atoms with Gasteiger partial charge in [0.2, 0.25) is 5.91 Å². The van der Waals surface area contributed by atoms with E-state index >= 15 is 0 Å². The maximum atomic E-state index is 11.9. The molecule has 1 heterocycles. The fraction of sp³-hybridized carbons (Fsp3) is 0.182. The SMILES string of the molecule is CC(C(=O)Nc1ccccc1)c1nonc1N. The quantitative estimate of drug-likeness (QED) is 0.834. The highest BCUT2D eigenvalue weighted by molar-refractivity contribution is 5.95. The van der Waals surface area contributed by atoms with Gasteiger partial charge < -0.3 is 11.1 Å². The first kappa shape index (κ1) is 11.1. The number of rotatable bonds is 3. The van der Waals surface area contributed by atoms with E-state index in [0.29, 0.717) is 5.69 Å². The van der Waals surface area contributed by atoms with Crippen molar-refractivity contribution < 1.29 is 9.42 Å². The maximum Gasteiger partial charge on any atom is 0.233 e. The first-order chi connectivity index (χ1) is 8.18. The first-order valence-electron chi connectivity index (χ1n) is 5.12. The minimum absolute atomic E-state index is 0.140. The molecule has 2 aromatic rings. The average Bonchev–Trinajstić information content (AvgIpc) is 2.76. The van der Waals surface area contributed by atoms with Crippen LogP contribution in [-0.4, -0.2) is 16.2 Å². The third kappa shape index (κ3) is 2.41. The summed E-state index contributed by atoms with van der Waals surface area (Å²) >= 11 is 0. The summed E-state index contributed by atoms with van der Waals surface area (Å²) in [4.78, 5) is 11.9. The second-order valence-electron chi connectivity index (χ2n) is 3.61. The zero-order valence-corrected chi connectivity index (χ0v) is 9.25. The van der Waals surface area contributed by atoms with Crippen LogP contribution < -0.4 is 11.1 Å². The summed E-state index contributed by atoms with van der Waals surface area (Å²) in [6.45, 7) is 1.69. The van der Waals surface area contributed by atoms with Gasteiger partial charge in [-0.15, -0.1) is 0 Å². The lowest BCUT2D eigenvalue weighted by Gasteiger charge is -2.09. The van der Waals surface area contributed by atoms with Crippen LogP contribution in [0.4, 0.5) is 11.5 Å². The summed E-state index contributed by atoms with van der Waals surface area (Å²) in [5, 5.41) is 9.80. The Hall–Kier alpha value is -2.37. The molecule has 0 saturated carbocycles. The number of hydrogen-bond donors (Lipinski definition) is 2. The maximum absolute atomic E-state index is 11.9. The number of para-hydroxylation sites is 1. The Balaban J connectivity index is 2.09. The number of amides is 1. The van der Waals surface area contributed by atoms with E-state index in [1.165, 1.54) is 0 Å². The van der Waals surface area contributed by atoms with Crippen LogP contribution in [0.2, 0.25) is 0 Å². The van der Waals surface area contributed by atoms with E-state index in [2.05, 4.69) is 20.3 Å². The molecule has 0 aliphatic heterocycles. The molecule has 88 valence electrons. The number of carbonyl (C=O) groups excluding carboxylic acids is 1. The number of nitrogens with zero attached hydrogens (tertiary/aromatic N) is 2. The van der Waals surface area contributed by atoms with Crippen molar-refractivity contribution in [3.05, 3.63) is 36.0 Å². The van der Waals surface area contributed by atoms with E-state index < -0.39 is 5.92 Å². The second-order valence-corrected chi connectivity index (χ2v) is 3.61. The number of aromatic nitrogens is 2. The Morgan fingerprint density at radius 2 is 2.06 bits per heavy atom. The molecule has 2 rings (SSSR count). The molecule has 1 aromatic carbocycles. The Labute approximate surface area is 97.8 Å². The highest BCUT2D eigenvalue weighted by Gasteiger charge is 2.22. The van der Waals surface area contributed by atoms with Crippen LogP contribution in [0.5, 0.6) is 0 Å². The lowest BCUT2D eigenvalue weighted by atomic mass is 10.1. The molecule has 0 radical (unpaired) electrons. The van der Waals surface area contributed by atoms with Gasteiger partial charge in [-0.25, -0.2) is 4.63 Å². The summed E-state index contributed by atoms with van der Waals surface area (Å²) in [6.07, 6.45) is 0. The Kier molecular flexibility index (Phi) is 3.04. The number of benzene rings is 1. The number of anilines is 2. The molecular weight excluding hydrogens is 220 g/mol. The number of hydrogen-bond acceptors (Lipinski definition) is 5. The van der Waals surface area contributed by atoms with Crippen LogP contribution in [0.15, 0.2) is 35.0 Å². The van der Waals surface area contributed by atoms with Crippen molar-refractivity contribution in [3.8, 4) is 0 Å². The molecule has 0 aliphatic rings. The molecule has 17 heavy (non-hydrogen) atoms. The monoisotopic (exact) mass is 232 g/mol. The summed E-state index contributed by atoms with van der Waals surface area (Å²) in [5.41, 5.74) is 6.59. The van der Waals surface area contributed by atoms with Crippen LogP contribution >= 0.6 is 0 Å². The van der Waals surface area contributed by atoms with Crippen molar-refractivity contribution in [2.75, 3.05) is 11.1 Å². The van der Waals surface area contributed by atoms with Crippen LogP contribution in [-0.2, 0) is 4.79 Å². The summed E-state index contributed by atoms with van der Waals surface area (Å²) in [5.74, 6) is -0.583. The molecule has 1 amide bonds. The fourth-order valence-corrected chi connectivity index (χ4v) is 1.40. The van der Waals surface area contributed by atoms with E-state index in [4.69, 9.17) is 5.73 Å². The van der Waals surface area contributed by atoms with Crippen molar-refractivity contribution in [1.29, 1.82) is 0 Å². The lowest BCUT2D eigenvalue weighted by Crippen LogP contribution is -2.19. The van der Waals surface area contributed by atoms with Gasteiger partial charge in [0.05, 0.1) is 5.92 Å². The van der Waals surface area contributed by atoms with E-state index in [1.54, 1.807) is 19.1 Å². The first-order valence-corrected chi connectivity index (χ1v) is 5.12. The zero-order valence-electron chi connectivity index (χ0n) is 9.25. The van der Waals surface area contributed by atoms with Crippen LogP contribution in [0.1, 0.15) is 18.5 Å². The molecule has 0 saturated heterocycles. The van der Waals surface area contributed by atoms with Gasteiger partial charge in [-0.2, -0.15) is 0 Å². The Morgan fingerprint density at radius 1 is 1.35 bits per heavy atom. The predicted octanol–water partition coefficient (Wildman–Crippen LogP) is 1.39. The van der Waals surface area contributed by atoms with Gasteiger partial charge in [0.25, 0.3) is 0 Å². The standard InChI is InChI=1S/C11H12N4O2/c1-7(9-10(12)15-17-14-9)11(16)13-8-5-3-2-4-6-8/h2-7H,1H3,(H2,12,15)(H,13,16). The van der Waals surface area contributed by atoms with E-state index in [9.17, 15) is 4.79 Å². The fourth-order valence-electron chi connectivity index (χ4n) is 1.40. The van der Waals surface area contributed by atoms with Crippen molar-refractivity contribution in [3.63, 3.8) is 0 Å². The number of nitrogen functional groups attached to an aromatic ring is 1. The van der Waals surface area contributed by atoms with Gasteiger partial charge in [-0.1, -0.05) is 23.4 Å². The molecule has 6 heteroatoms. The third-order valence-corrected chi connectivity index (χ3v) is 2.39. The number of nitrogens with one attached hydrogen (secondary N) is 1. The second kappa shape index (κ2) is 4.65. The normalized spacial score (nSPS) is 12.1. The number of carbonyl (C=O) groups is 1. The molecule has 0 bridgehead atoms. The van der Waals surface area contributed by atoms with E-state index in [1.807, 2.05) is 18.2 Å². The zero-order chi connectivity index (χ0) is 12.3. The van der Waals surface area contributed by atoms with Gasteiger partial charge >= 0.3 is 0 Å². The summed E-state index contributed by atoms with van der Waals surface area (Å²) in [7, 11) is 0. The molecule has 3 N–H and O–H groups in total. The molecule has 1 aromatic heterocycles. The van der Waals surface area contributed by atoms with Gasteiger partial charge in [0.15, 0.2) is 5.82 Å². The Morgan fingerprint density at radius 3 is 2.65 bits per heavy atom. The largest absolute Gasteiger partial charge is 0.379 e. The predicted molar refractivity (Wildman–Crippen MR) is 62.2 cm³/mol. The van der Waals surface area contributed by atoms with Gasteiger partial charge in [-0.05, 0) is 24.2 Å². The van der Waals surface area contributed by atoms with Crippen molar-refractivity contribution in [2.45, 2.75) is 12.8 Å². The molecule has 0 fully saturated rings. The summed E-state index contributed by atoms with van der Waals surface area (Å²) in [6, 6.07) is 9.15. The van der Waals surface area contributed by atoms with Crippen LogP contribution in [0.25, 0.3) is 0 Å². The molecule has 6 nitrogen and oxygen atoms in total.